The van der Waals surface area contributed by atoms with Gasteiger partial charge in [0.05, 0.1) is 7.11 Å². The summed E-state index contributed by atoms with van der Waals surface area (Å²) in [7, 11) is 1.62. The van der Waals surface area contributed by atoms with E-state index in [1.54, 1.807) is 7.11 Å². The lowest BCUT2D eigenvalue weighted by Crippen LogP contribution is -2.11. The normalized spacial score (nSPS) is 8.94. The summed E-state index contributed by atoms with van der Waals surface area (Å²) < 4.78 is 5.00. The zero-order valence-corrected chi connectivity index (χ0v) is 10.3. The van der Waals surface area contributed by atoms with Gasteiger partial charge < -0.3 is 10.5 Å². The minimum Gasteiger partial charge on any atom is -0.497 e. The van der Waals surface area contributed by atoms with Gasteiger partial charge in [0.25, 0.3) is 0 Å². The van der Waals surface area contributed by atoms with E-state index < -0.39 is 0 Å². The number of hydrogen-bond acceptors (Lipinski definition) is 2. The highest BCUT2D eigenvalue weighted by Crippen LogP contribution is 2.12. The molecule has 3 heteroatoms. The predicted octanol–water partition coefficient (Wildman–Crippen LogP) is 2.53. The molecule has 0 aromatic heterocycles. The summed E-state index contributed by atoms with van der Waals surface area (Å²) in [5, 5.41) is 0. The van der Waals surface area contributed by atoms with Gasteiger partial charge in [-0.3, -0.25) is 4.79 Å². The minimum absolute atomic E-state index is 0.268. The Morgan fingerprint density at radius 2 is 1.75 bits per heavy atom. The van der Waals surface area contributed by atoms with Gasteiger partial charge in [-0.15, -0.1) is 0 Å². The molecule has 1 amide bonds. The molecule has 0 saturated carbocycles. The summed E-state index contributed by atoms with van der Waals surface area (Å²) >= 11 is 0. The van der Waals surface area contributed by atoms with Gasteiger partial charge in [0.1, 0.15) is 5.75 Å². The lowest BCUT2D eigenvalue weighted by Gasteiger charge is -2.01. The first kappa shape index (κ1) is 14.5. The maximum Gasteiger partial charge on any atom is 0.217 e. The SMILES string of the molecule is CCC.COc1ccc(CCC(N)=O)cc1. The third kappa shape index (κ3) is 6.87. The van der Waals surface area contributed by atoms with Crippen LogP contribution in [0.25, 0.3) is 0 Å². The molecule has 0 bridgehead atoms. The second-order valence-electron chi connectivity index (χ2n) is 3.52. The zero-order valence-electron chi connectivity index (χ0n) is 10.3. The van der Waals surface area contributed by atoms with E-state index in [0.717, 1.165) is 11.3 Å². The van der Waals surface area contributed by atoms with Crippen molar-refractivity contribution in [3.63, 3.8) is 0 Å². The van der Waals surface area contributed by atoms with Crippen LogP contribution >= 0.6 is 0 Å². The monoisotopic (exact) mass is 223 g/mol. The molecule has 3 nitrogen and oxygen atoms in total. The molecule has 16 heavy (non-hydrogen) atoms. The third-order valence-corrected chi connectivity index (χ3v) is 1.82. The van der Waals surface area contributed by atoms with Gasteiger partial charge in [0, 0.05) is 6.42 Å². The van der Waals surface area contributed by atoms with Gasteiger partial charge in [-0.05, 0) is 24.1 Å². The van der Waals surface area contributed by atoms with Gasteiger partial charge in [-0.25, -0.2) is 0 Å². The van der Waals surface area contributed by atoms with E-state index in [1.807, 2.05) is 24.3 Å². The Morgan fingerprint density at radius 3 is 2.12 bits per heavy atom. The second kappa shape index (κ2) is 8.77. The highest BCUT2D eigenvalue weighted by Gasteiger charge is 1.97. The summed E-state index contributed by atoms with van der Waals surface area (Å²) in [5.74, 6) is 0.554. The molecule has 0 aliphatic rings. The van der Waals surface area contributed by atoms with Crippen LogP contribution in [0.15, 0.2) is 24.3 Å². The number of aryl methyl sites for hydroxylation is 1. The van der Waals surface area contributed by atoms with Crippen LogP contribution in [-0.2, 0) is 11.2 Å². The van der Waals surface area contributed by atoms with Gasteiger partial charge >= 0.3 is 0 Å². The quantitative estimate of drug-likeness (QED) is 0.852. The molecule has 0 heterocycles. The first-order chi connectivity index (χ1) is 7.63. The van der Waals surface area contributed by atoms with E-state index >= 15 is 0 Å². The lowest BCUT2D eigenvalue weighted by molar-refractivity contribution is -0.117. The molecule has 1 aromatic carbocycles. The van der Waals surface area contributed by atoms with Crippen LogP contribution in [0.5, 0.6) is 5.75 Å². The number of amides is 1. The summed E-state index contributed by atoms with van der Waals surface area (Å²) in [6.45, 7) is 4.25. The summed E-state index contributed by atoms with van der Waals surface area (Å²) in [6, 6.07) is 7.61. The van der Waals surface area contributed by atoms with Gasteiger partial charge in [-0.2, -0.15) is 0 Å². The Labute approximate surface area is 97.6 Å². The topological polar surface area (TPSA) is 52.3 Å². The standard InChI is InChI=1S/C10H13NO2.C3H8/c1-13-9-5-2-8(3-6-9)4-7-10(11)12;1-3-2/h2-3,5-6H,4,7H2,1H3,(H2,11,12);3H2,1-2H3. The number of nitrogens with two attached hydrogens (primary N) is 1. The van der Waals surface area contributed by atoms with Crippen molar-refractivity contribution in [1.82, 2.24) is 0 Å². The van der Waals surface area contributed by atoms with Crippen LogP contribution in [0.4, 0.5) is 0 Å². The molecule has 1 aromatic rings. The van der Waals surface area contributed by atoms with Gasteiger partial charge in [0.15, 0.2) is 0 Å². The number of primary amides is 1. The van der Waals surface area contributed by atoms with Crippen molar-refractivity contribution in [2.45, 2.75) is 33.1 Å². The largest absolute Gasteiger partial charge is 0.497 e. The smallest absolute Gasteiger partial charge is 0.217 e. The molecule has 0 saturated heterocycles. The van der Waals surface area contributed by atoms with Crippen LogP contribution in [0.1, 0.15) is 32.3 Å². The number of ether oxygens (including phenoxy) is 1. The molecule has 0 aliphatic carbocycles. The van der Waals surface area contributed by atoms with Crippen molar-refractivity contribution in [2.24, 2.45) is 5.73 Å². The number of carbonyl (C=O) groups excluding carboxylic acids is 1. The van der Waals surface area contributed by atoms with E-state index in [4.69, 9.17) is 10.5 Å². The minimum atomic E-state index is -0.268. The molecular weight excluding hydrogens is 202 g/mol. The Bertz CT molecular complexity index is 293. The third-order valence-electron chi connectivity index (χ3n) is 1.82. The Balaban J connectivity index is 0.000000673. The lowest BCUT2D eigenvalue weighted by atomic mass is 10.1. The fourth-order valence-electron chi connectivity index (χ4n) is 1.06. The van der Waals surface area contributed by atoms with E-state index in [9.17, 15) is 4.79 Å². The van der Waals surface area contributed by atoms with Crippen LogP contribution in [0.3, 0.4) is 0 Å². The average Bonchev–Trinajstić information content (AvgIpc) is 2.28. The number of benzene rings is 1. The first-order valence-corrected chi connectivity index (χ1v) is 5.55. The highest BCUT2D eigenvalue weighted by atomic mass is 16.5. The van der Waals surface area contributed by atoms with E-state index in [1.165, 1.54) is 6.42 Å². The molecule has 0 spiro atoms. The molecule has 1 rings (SSSR count). The van der Waals surface area contributed by atoms with Crippen LogP contribution in [0, 0.1) is 0 Å². The molecule has 90 valence electrons. The summed E-state index contributed by atoms with van der Waals surface area (Å²) in [6.07, 6.45) is 2.34. The molecule has 0 aliphatic heterocycles. The fourth-order valence-corrected chi connectivity index (χ4v) is 1.06. The van der Waals surface area contributed by atoms with Crippen LogP contribution in [-0.4, -0.2) is 13.0 Å². The fraction of sp³-hybridized carbons (Fsp3) is 0.462. The molecule has 0 radical (unpaired) electrons. The van der Waals surface area contributed by atoms with Crippen LogP contribution < -0.4 is 10.5 Å². The van der Waals surface area contributed by atoms with Gasteiger partial charge in [-0.1, -0.05) is 32.4 Å². The number of carbonyl (C=O) groups is 1. The van der Waals surface area contributed by atoms with Crippen molar-refractivity contribution in [3.05, 3.63) is 29.8 Å². The van der Waals surface area contributed by atoms with Crippen molar-refractivity contribution in [1.29, 1.82) is 0 Å². The van der Waals surface area contributed by atoms with Crippen LogP contribution in [0.2, 0.25) is 0 Å². The van der Waals surface area contributed by atoms with Crippen molar-refractivity contribution in [3.8, 4) is 5.75 Å². The Morgan fingerprint density at radius 1 is 1.25 bits per heavy atom. The molecule has 0 unspecified atom stereocenters. The van der Waals surface area contributed by atoms with Crippen molar-refractivity contribution >= 4 is 5.91 Å². The predicted molar refractivity (Wildman–Crippen MR) is 66.5 cm³/mol. The molecule has 0 fully saturated rings. The molecule has 2 N–H and O–H groups in total. The summed E-state index contributed by atoms with van der Waals surface area (Å²) in [5.41, 5.74) is 6.13. The molecule has 0 atom stereocenters. The average molecular weight is 223 g/mol. The van der Waals surface area contributed by atoms with Crippen molar-refractivity contribution < 1.29 is 9.53 Å². The number of rotatable bonds is 4. The van der Waals surface area contributed by atoms with E-state index in [-0.39, 0.29) is 5.91 Å². The van der Waals surface area contributed by atoms with Gasteiger partial charge in [0.2, 0.25) is 5.91 Å². The zero-order chi connectivity index (χ0) is 12.4. The van der Waals surface area contributed by atoms with E-state index in [0.29, 0.717) is 12.8 Å². The first-order valence-electron chi connectivity index (χ1n) is 5.55. The highest BCUT2D eigenvalue weighted by molar-refractivity contribution is 5.73. The second-order valence-corrected chi connectivity index (χ2v) is 3.52. The Hall–Kier alpha value is -1.51. The number of methoxy groups -OCH3 is 1. The maximum atomic E-state index is 10.5. The van der Waals surface area contributed by atoms with Crippen molar-refractivity contribution in [2.75, 3.05) is 7.11 Å². The number of hydrogen-bond donors (Lipinski definition) is 1. The summed E-state index contributed by atoms with van der Waals surface area (Å²) in [4.78, 5) is 10.5. The molecular formula is C13H21NO2. The Kier molecular flexibility index (Phi) is 7.94. The van der Waals surface area contributed by atoms with E-state index in [2.05, 4.69) is 13.8 Å². The maximum absolute atomic E-state index is 10.5.